The average Bonchev–Trinajstić information content (AvgIpc) is 2.60. The van der Waals surface area contributed by atoms with E-state index in [1.807, 2.05) is 38.1 Å². The van der Waals surface area contributed by atoms with Crippen LogP contribution in [0.5, 0.6) is 0 Å². The largest absolute Gasteiger partial charge is 0.391 e. The van der Waals surface area contributed by atoms with Gasteiger partial charge in [0, 0.05) is 17.1 Å². The molecule has 1 aromatic heterocycles. The Kier molecular flexibility index (Phi) is 5.21. The van der Waals surface area contributed by atoms with Gasteiger partial charge in [-0.15, -0.1) is 0 Å². The molecule has 1 heterocycles. The van der Waals surface area contributed by atoms with Crippen molar-refractivity contribution in [1.82, 2.24) is 10.3 Å². The summed E-state index contributed by atoms with van der Waals surface area (Å²) in [6, 6.07) is 8.66. The van der Waals surface area contributed by atoms with Crippen molar-refractivity contribution in [1.29, 1.82) is 0 Å². The van der Waals surface area contributed by atoms with Gasteiger partial charge in [-0.05, 0) is 37.3 Å². The predicted molar refractivity (Wildman–Crippen MR) is 95.1 cm³/mol. The van der Waals surface area contributed by atoms with Crippen LogP contribution in [0.1, 0.15) is 61.5 Å². The molecule has 2 atom stereocenters. The smallest absolute Gasteiger partial charge is 0.349 e. The Bertz CT molecular complexity index is 801. The standard InChI is InChI=1S/C20H23F3N2O/c1-12(2)18-11-16(15-8-3-4-9-17(15)25-18)19(26)24-14-7-5-6-13(10-14)20(21,22)23/h3-4,8-9,11-14H,5-7,10H2,1-2H3,(H,24,26). The van der Waals surface area contributed by atoms with E-state index in [0.717, 1.165) is 16.6 Å². The quantitative estimate of drug-likeness (QED) is 0.812. The number of benzene rings is 1. The van der Waals surface area contributed by atoms with Crippen molar-refractivity contribution < 1.29 is 18.0 Å². The van der Waals surface area contributed by atoms with Gasteiger partial charge >= 0.3 is 6.18 Å². The van der Waals surface area contributed by atoms with Gasteiger partial charge in [0.2, 0.25) is 0 Å². The summed E-state index contributed by atoms with van der Waals surface area (Å²) in [5, 5.41) is 3.55. The Balaban J connectivity index is 1.86. The van der Waals surface area contributed by atoms with Crippen LogP contribution in [0.2, 0.25) is 0 Å². The van der Waals surface area contributed by atoms with Crippen molar-refractivity contribution in [3.63, 3.8) is 0 Å². The van der Waals surface area contributed by atoms with Crippen LogP contribution in [-0.2, 0) is 0 Å². The summed E-state index contributed by atoms with van der Waals surface area (Å²) in [5.74, 6) is -1.50. The molecule has 2 unspecified atom stereocenters. The highest BCUT2D eigenvalue weighted by Crippen LogP contribution is 2.37. The highest BCUT2D eigenvalue weighted by Gasteiger charge is 2.42. The van der Waals surface area contributed by atoms with E-state index in [-0.39, 0.29) is 24.7 Å². The van der Waals surface area contributed by atoms with Crippen molar-refractivity contribution in [2.45, 2.75) is 57.7 Å². The van der Waals surface area contributed by atoms with Crippen molar-refractivity contribution >= 4 is 16.8 Å². The second-order valence-corrected chi connectivity index (χ2v) is 7.34. The molecule has 0 aliphatic heterocycles. The first-order valence-corrected chi connectivity index (χ1v) is 9.03. The van der Waals surface area contributed by atoms with Crippen LogP contribution in [-0.4, -0.2) is 23.1 Å². The van der Waals surface area contributed by atoms with E-state index in [0.29, 0.717) is 18.4 Å². The topological polar surface area (TPSA) is 42.0 Å². The maximum absolute atomic E-state index is 13.0. The number of para-hydroxylation sites is 1. The first-order chi connectivity index (χ1) is 12.3. The van der Waals surface area contributed by atoms with E-state index in [4.69, 9.17) is 0 Å². The van der Waals surface area contributed by atoms with Crippen molar-refractivity contribution in [3.05, 3.63) is 41.6 Å². The van der Waals surface area contributed by atoms with Crippen LogP contribution < -0.4 is 5.32 Å². The number of aromatic nitrogens is 1. The molecule has 3 rings (SSSR count). The summed E-state index contributed by atoms with van der Waals surface area (Å²) in [5.41, 5.74) is 2.00. The minimum absolute atomic E-state index is 0.0463. The van der Waals surface area contributed by atoms with Crippen LogP contribution in [0.4, 0.5) is 13.2 Å². The van der Waals surface area contributed by atoms with Gasteiger partial charge in [-0.1, -0.05) is 38.5 Å². The number of alkyl halides is 3. The molecule has 0 spiro atoms. The van der Waals surface area contributed by atoms with Crippen molar-refractivity contribution in [2.24, 2.45) is 5.92 Å². The van der Waals surface area contributed by atoms with E-state index in [2.05, 4.69) is 10.3 Å². The number of nitrogens with one attached hydrogen (secondary N) is 1. The van der Waals surface area contributed by atoms with E-state index < -0.39 is 18.1 Å². The van der Waals surface area contributed by atoms with Gasteiger partial charge in [-0.2, -0.15) is 13.2 Å². The highest BCUT2D eigenvalue weighted by molar-refractivity contribution is 6.06. The normalized spacial score (nSPS) is 21.2. The molecule has 0 saturated heterocycles. The Labute approximate surface area is 151 Å². The van der Waals surface area contributed by atoms with Gasteiger partial charge in [-0.3, -0.25) is 9.78 Å². The Morgan fingerprint density at radius 2 is 1.96 bits per heavy atom. The predicted octanol–water partition coefficient (Wildman–Crippen LogP) is 5.21. The summed E-state index contributed by atoms with van der Waals surface area (Å²) >= 11 is 0. The van der Waals surface area contributed by atoms with Crippen LogP contribution in [0.15, 0.2) is 30.3 Å². The van der Waals surface area contributed by atoms with E-state index in [1.165, 1.54) is 0 Å². The van der Waals surface area contributed by atoms with Gasteiger partial charge in [-0.25, -0.2) is 0 Å². The molecule has 26 heavy (non-hydrogen) atoms. The van der Waals surface area contributed by atoms with Crippen LogP contribution in [0.3, 0.4) is 0 Å². The number of rotatable bonds is 3. The molecule has 0 bridgehead atoms. The molecule has 1 saturated carbocycles. The summed E-state index contributed by atoms with van der Waals surface area (Å²) in [7, 11) is 0. The van der Waals surface area contributed by atoms with Crippen molar-refractivity contribution in [2.75, 3.05) is 0 Å². The number of pyridine rings is 1. The zero-order chi connectivity index (χ0) is 18.9. The highest BCUT2D eigenvalue weighted by atomic mass is 19.4. The van der Waals surface area contributed by atoms with Gasteiger partial charge in [0.05, 0.1) is 17.0 Å². The molecule has 0 radical (unpaired) electrons. The monoisotopic (exact) mass is 364 g/mol. The summed E-state index contributed by atoms with van der Waals surface area (Å²) in [6.07, 6.45) is -3.04. The van der Waals surface area contributed by atoms with Crippen LogP contribution in [0.25, 0.3) is 10.9 Å². The number of halogens is 3. The molecule has 3 nitrogen and oxygen atoms in total. The van der Waals surface area contributed by atoms with E-state index >= 15 is 0 Å². The van der Waals surface area contributed by atoms with E-state index in [9.17, 15) is 18.0 Å². The maximum Gasteiger partial charge on any atom is 0.391 e. The van der Waals surface area contributed by atoms with E-state index in [1.54, 1.807) is 6.07 Å². The maximum atomic E-state index is 13.0. The minimum atomic E-state index is -4.20. The first kappa shape index (κ1) is 18.7. The molecule has 1 N–H and O–H groups in total. The summed E-state index contributed by atoms with van der Waals surface area (Å²) in [6.45, 7) is 3.99. The Morgan fingerprint density at radius 3 is 2.65 bits per heavy atom. The zero-order valence-electron chi connectivity index (χ0n) is 14.9. The summed E-state index contributed by atoms with van der Waals surface area (Å²) in [4.78, 5) is 17.4. The fourth-order valence-corrected chi connectivity index (χ4v) is 3.56. The third-order valence-corrected chi connectivity index (χ3v) is 5.04. The molecule has 140 valence electrons. The molecular formula is C20H23F3N2O. The lowest BCUT2D eigenvalue weighted by Gasteiger charge is -2.31. The molecule has 1 fully saturated rings. The third-order valence-electron chi connectivity index (χ3n) is 5.04. The molecule has 1 aliphatic carbocycles. The average molecular weight is 364 g/mol. The second-order valence-electron chi connectivity index (χ2n) is 7.34. The molecule has 2 aromatic rings. The van der Waals surface area contributed by atoms with Crippen LogP contribution >= 0.6 is 0 Å². The Hall–Kier alpha value is -2.11. The zero-order valence-corrected chi connectivity index (χ0v) is 14.9. The minimum Gasteiger partial charge on any atom is -0.349 e. The molecule has 1 aliphatic rings. The van der Waals surface area contributed by atoms with Gasteiger partial charge < -0.3 is 5.32 Å². The fraction of sp³-hybridized carbons (Fsp3) is 0.500. The van der Waals surface area contributed by atoms with Gasteiger partial charge in [0.25, 0.3) is 5.91 Å². The number of nitrogens with zero attached hydrogens (tertiary/aromatic N) is 1. The Morgan fingerprint density at radius 1 is 1.23 bits per heavy atom. The number of fused-ring (bicyclic) bond motifs is 1. The number of carbonyl (C=O) groups is 1. The third kappa shape index (κ3) is 4.00. The molecular weight excluding hydrogens is 341 g/mol. The number of hydrogen-bond donors (Lipinski definition) is 1. The summed E-state index contributed by atoms with van der Waals surface area (Å²) < 4.78 is 39.0. The van der Waals surface area contributed by atoms with Gasteiger partial charge in [0.15, 0.2) is 0 Å². The number of carbonyl (C=O) groups excluding carboxylic acids is 1. The molecule has 6 heteroatoms. The number of hydrogen-bond acceptors (Lipinski definition) is 2. The molecule has 1 aromatic carbocycles. The first-order valence-electron chi connectivity index (χ1n) is 9.03. The lowest BCUT2D eigenvalue weighted by atomic mass is 9.85. The molecule has 1 amide bonds. The van der Waals surface area contributed by atoms with Gasteiger partial charge in [0.1, 0.15) is 0 Å². The number of amides is 1. The lowest BCUT2D eigenvalue weighted by Crippen LogP contribution is -2.41. The lowest BCUT2D eigenvalue weighted by molar-refractivity contribution is -0.183. The van der Waals surface area contributed by atoms with Crippen LogP contribution in [0, 0.1) is 5.92 Å². The van der Waals surface area contributed by atoms with Crippen molar-refractivity contribution in [3.8, 4) is 0 Å². The fourth-order valence-electron chi connectivity index (χ4n) is 3.56. The second kappa shape index (κ2) is 7.25. The SMILES string of the molecule is CC(C)c1cc(C(=O)NC2CCCC(C(F)(F)F)C2)c2ccccc2n1.